The van der Waals surface area contributed by atoms with E-state index in [4.69, 9.17) is 9.15 Å². The normalized spacial score (nSPS) is 12.2. The van der Waals surface area contributed by atoms with Crippen LogP contribution < -0.4 is 0 Å². The van der Waals surface area contributed by atoms with E-state index in [1.54, 1.807) is 50.2 Å². The molecule has 0 fully saturated rings. The second kappa shape index (κ2) is 5.71. The van der Waals surface area contributed by atoms with Gasteiger partial charge in [-0.05, 0) is 38.1 Å². The van der Waals surface area contributed by atoms with Crippen LogP contribution in [-0.4, -0.2) is 17.7 Å². The maximum absolute atomic E-state index is 11.5. The summed E-state index contributed by atoms with van der Waals surface area (Å²) in [4.78, 5) is 11.5. The van der Waals surface area contributed by atoms with Crippen molar-refractivity contribution in [2.24, 2.45) is 0 Å². The Balaban J connectivity index is 2.19. The van der Waals surface area contributed by atoms with Gasteiger partial charge in [0.25, 0.3) is 0 Å². The molecule has 19 heavy (non-hydrogen) atoms. The molecule has 1 N–H and O–H groups in total. The number of carbonyl (C=O) groups is 1. The monoisotopic (exact) mass is 260 g/mol. The van der Waals surface area contributed by atoms with Gasteiger partial charge in [-0.25, -0.2) is 4.79 Å². The Morgan fingerprint density at radius 2 is 1.95 bits per heavy atom. The van der Waals surface area contributed by atoms with Gasteiger partial charge in [-0.15, -0.1) is 0 Å². The summed E-state index contributed by atoms with van der Waals surface area (Å²) < 4.78 is 10.4. The Morgan fingerprint density at radius 1 is 1.26 bits per heavy atom. The molecule has 0 saturated carbocycles. The molecule has 4 heteroatoms. The van der Waals surface area contributed by atoms with Gasteiger partial charge >= 0.3 is 5.97 Å². The van der Waals surface area contributed by atoms with Crippen molar-refractivity contribution in [3.63, 3.8) is 0 Å². The Hall–Kier alpha value is -2.07. The number of benzene rings is 1. The molecule has 0 bridgehead atoms. The number of hydrogen-bond acceptors (Lipinski definition) is 4. The number of aliphatic hydroxyl groups excluding tert-OH is 1. The third-order valence-electron chi connectivity index (χ3n) is 2.72. The summed E-state index contributed by atoms with van der Waals surface area (Å²) in [7, 11) is 0. The van der Waals surface area contributed by atoms with Crippen LogP contribution >= 0.6 is 0 Å². The molecule has 2 aromatic rings. The van der Waals surface area contributed by atoms with Gasteiger partial charge in [-0.2, -0.15) is 0 Å². The average molecular weight is 260 g/mol. The number of aliphatic hydroxyl groups is 1. The Kier molecular flexibility index (Phi) is 4.02. The van der Waals surface area contributed by atoms with Crippen molar-refractivity contribution in [2.45, 2.75) is 20.0 Å². The third kappa shape index (κ3) is 3.03. The highest BCUT2D eigenvalue weighted by Crippen LogP contribution is 2.25. The van der Waals surface area contributed by atoms with Gasteiger partial charge < -0.3 is 14.3 Å². The molecular weight excluding hydrogens is 244 g/mol. The maximum atomic E-state index is 11.5. The average Bonchev–Trinajstić information content (AvgIpc) is 2.89. The second-order valence-electron chi connectivity index (χ2n) is 4.18. The van der Waals surface area contributed by atoms with E-state index in [2.05, 4.69) is 0 Å². The zero-order chi connectivity index (χ0) is 13.8. The summed E-state index contributed by atoms with van der Waals surface area (Å²) in [5, 5.41) is 9.40. The first kappa shape index (κ1) is 13.4. The molecule has 100 valence electrons. The van der Waals surface area contributed by atoms with Crippen LogP contribution in [0.25, 0.3) is 11.3 Å². The minimum atomic E-state index is -0.632. The van der Waals surface area contributed by atoms with Crippen LogP contribution in [0.15, 0.2) is 40.8 Å². The minimum Gasteiger partial charge on any atom is -0.462 e. The topological polar surface area (TPSA) is 59.7 Å². The molecular formula is C15H16O4. The lowest BCUT2D eigenvalue weighted by molar-refractivity contribution is 0.0526. The Labute approximate surface area is 111 Å². The SMILES string of the molecule is CCOC(=O)c1ccc(-c2ccc([C@H](C)O)o2)cc1. The highest BCUT2D eigenvalue weighted by atomic mass is 16.5. The van der Waals surface area contributed by atoms with E-state index in [1.807, 2.05) is 0 Å². The third-order valence-corrected chi connectivity index (χ3v) is 2.72. The van der Waals surface area contributed by atoms with Gasteiger partial charge in [-0.1, -0.05) is 12.1 Å². The molecule has 0 saturated heterocycles. The maximum Gasteiger partial charge on any atom is 0.338 e. The minimum absolute atomic E-state index is 0.335. The second-order valence-corrected chi connectivity index (χ2v) is 4.18. The van der Waals surface area contributed by atoms with Crippen LogP contribution in [0.3, 0.4) is 0 Å². The quantitative estimate of drug-likeness (QED) is 0.858. The summed E-state index contributed by atoms with van der Waals surface area (Å²) in [5.41, 5.74) is 1.35. The molecule has 1 aromatic carbocycles. The van der Waals surface area contributed by atoms with Crippen molar-refractivity contribution < 1.29 is 19.1 Å². The molecule has 0 aliphatic heterocycles. The fraction of sp³-hybridized carbons (Fsp3) is 0.267. The molecule has 0 spiro atoms. The van der Waals surface area contributed by atoms with Crippen LogP contribution in [0.4, 0.5) is 0 Å². The van der Waals surface area contributed by atoms with Crippen LogP contribution in [0, 0.1) is 0 Å². The van der Waals surface area contributed by atoms with Gasteiger partial charge in [0.05, 0.1) is 12.2 Å². The number of furan rings is 1. The van der Waals surface area contributed by atoms with E-state index in [1.165, 1.54) is 0 Å². The van der Waals surface area contributed by atoms with E-state index < -0.39 is 6.10 Å². The molecule has 0 aliphatic rings. The van der Waals surface area contributed by atoms with Crippen molar-refractivity contribution in [1.82, 2.24) is 0 Å². The van der Waals surface area contributed by atoms with Crippen LogP contribution in [0.1, 0.15) is 36.1 Å². The van der Waals surface area contributed by atoms with Gasteiger partial charge in [0, 0.05) is 5.56 Å². The number of hydrogen-bond donors (Lipinski definition) is 1. The molecule has 4 nitrogen and oxygen atoms in total. The molecule has 0 aliphatic carbocycles. The summed E-state index contributed by atoms with van der Waals surface area (Å²) in [6.07, 6.45) is -0.632. The summed E-state index contributed by atoms with van der Waals surface area (Å²) in [6.45, 7) is 3.77. The van der Waals surface area contributed by atoms with Gasteiger partial charge in [-0.3, -0.25) is 0 Å². The lowest BCUT2D eigenvalue weighted by atomic mass is 10.1. The number of esters is 1. The Bertz CT molecular complexity index is 552. The first-order valence-electron chi connectivity index (χ1n) is 6.17. The van der Waals surface area contributed by atoms with Crippen molar-refractivity contribution in [1.29, 1.82) is 0 Å². The zero-order valence-electron chi connectivity index (χ0n) is 10.9. The van der Waals surface area contributed by atoms with Gasteiger partial charge in [0.1, 0.15) is 17.6 Å². The van der Waals surface area contributed by atoms with Crippen molar-refractivity contribution >= 4 is 5.97 Å². The molecule has 0 unspecified atom stereocenters. The van der Waals surface area contributed by atoms with Crippen molar-refractivity contribution in [3.05, 3.63) is 47.7 Å². The van der Waals surface area contributed by atoms with Crippen LogP contribution in [-0.2, 0) is 4.74 Å². The number of carbonyl (C=O) groups excluding carboxylic acids is 1. The van der Waals surface area contributed by atoms with Crippen molar-refractivity contribution in [2.75, 3.05) is 6.61 Å². The standard InChI is InChI=1S/C15H16O4/c1-3-18-15(17)12-6-4-11(5-7-12)14-9-8-13(19-14)10(2)16/h4-10,16H,3H2,1-2H3/t10-/m0/s1. The summed E-state index contributed by atoms with van der Waals surface area (Å²) in [5.74, 6) is 0.842. The molecule has 1 aromatic heterocycles. The molecule has 1 atom stereocenters. The van der Waals surface area contributed by atoms with Gasteiger partial charge in [0.2, 0.25) is 0 Å². The highest BCUT2D eigenvalue weighted by molar-refractivity contribution is 5.89. The molecule has 1 heterocycles. The van der Waals surface area contributed by atoms with E-state index in [0.717, 1.165) is 5.56 Å². The lowest BCUT2D eigenvalue weighted by Crippen LogP contribution is -2.03. The molecule has 0 amide bonds. The molecule has 2 rings (SSSR count). The van der Waals surface area contributed by atoms with E-state index in [0.29, 0.717) is 23.7 Å². The first-order chi connectivity index (χ1) is 9.11. The van der Waals surface area contributed by atoms with Gasteiger partial charge in [0.15, 0.2) is 0 Å². The fourth-order valence-corrected chi connectivity index (χ4v) is 1.72. The smallest absolute Gasteiger partial charge is 0.338 e. The van der Waals surface area contributed by atoms with Crippen LogP contribution in [0.2, 0.25) is 0 Å². The predicted molar refractivity (Wildman–Crippen MR) is 70.7 cm³/mol. The number of rotatable bonds is 4. The van der Waals surface area contributed by atoms with Crippen LogP contribution in [0.5, 0.6) is 0 Å². The van der Waals surface area contributed by atoms with E-state index >= 15 is 0 Å². The predicted octanol–water partition coefficient (Wildman–Crippen LogP) is 3.18. The summed E-state index contributed by atoms with van der Waals surface area (Å²) in [6, 6.07) is 10.5. The first-order valence-corrected chi connectivity index (χ1v) is 6.17. The Morgan fingerprint density at radius 3 is 2.47 bits per heavy atom. The lowest BCUT2D eigenvalue weighted by Gasteiger charge is -2.03. The highest BCUT2D eigenvalue weighted by Gasteiger charge is 2.10. The number of ether oxygens (including phenoxy) is 1. The van der Waals surface area contributed by atoms with E-state index in [-0.39, 0.29) is 5.97 Å². The fourth-order valence-electron chi connectivity index (χ4n) is 1.72. The molecule has 0 radical (unpaired) electrons. The van der Waals surface area contributed by atoms with Crippen molar-refractivity contribution in [3.8, 4) is 11.3 Å². The zero-order valence-corrected chi connectivity index (χ0v) is 10.9. The summed E-state index contributed by atoms with van der Waals surface area (Å²) >= 11 is 0. The largest absolute Gasteiger partial charge is 0.462 e. The van der Waals surface area contributed by atoms with E-state index in [9.17, 15) is 9.90 Å².